The van der Waals surface area contributed by atoms with Crippen LogP contribution in [0.3, 0.4) is 0 Å². The molecule has 6 heteroatoms. The molecule has 0 heterocycles. The minimum atomic E-state index is -1.86. The molecule has 0 aliphatic heterocycles. The maximum Gasteiger partial charge on any atom is 0.265 e. The zero-order valence-corrected chi connectivity index (χ0v) is 26.1. The Hall–Kier alpha value is -1.09. The summed E-state index contributed by atoms with van der Waals surface area (Å²) in [6.07, 6.45) is 3.94. The van der Waals surface area contributed by atoms with Crippen LogP contribution in [0.25, 0.3) is 0 Å². The van der Waals surface area contributed by atoms with Crippen LogP contribution in [0.2, 0.25) is 0 Å². The first kappa shape index (κ1) is 30.9. The second-order valence-corrected chi connectivity index (χ2v) is 14.0. The van der Waals surface area contributed by atoms with E-state index in [0.717, 1.165) is 58.8 Å². The molecule has 1 unspecified atom stereocenters. The van der Waals surface area contributed by atoms with E-state index in [2.05, 4.69) is 50.5 Å². The summed E-state index contributed by atoms with van der Waals surface area (Å²) in [5.41, 5.74) is 7.18. The van der Waals surface area contributed by atoms with Gasteiger partial charge in [0.25, 0.3) is 11.8 Å². The number of aryl methyl sites for hydroxylation is 5. The van der Waals surface area contributed by atoms with E-state index in [9.17, 15) is 9.59 Å². The van der Waals surface area contributed by atoms with Crippen LogP contribution >= 0.6 is 7.26 Å². The maximum absolute atomic E-state index is 13.7. The van der Waals surface area contributed by atoms with Gasteiger partial charge in [-0.3, -0.25) is 9.59 Å². The molecule has 4 nitrogen and oxygen atoms in total. The van der Waals surface area contributed by atoms with Gasteiger partial charge in [-0.2, -0.15) is 0 Å². The standard InChI is InChI=1S/C28H41N2O2P.Y/c1-9-13-24(28(32)30-27-22(7)16-19(4)17-23(27)8)33(10-2,11-3)18-25(31)29-26-20(5)14-12-15-21(26)6;/h12,14-17,24H,9-11,13,18H2,1-8H3,(H-,29,30,31,32);/p+1. The summed E-state index contributed by atoms with van der Waals surface area (Å²) in [4.78, 5) is 27.0. The van der Waals surface area contributed by atoms with Gasteiger partial charge in [-0.15, -0.1) is 0 Å². The monoisotopic (exact) mass is 558 g/mol. The molecule has 0 fully saturated rings. The van der Waals surface area contributed by atoms with Crippen molar-refractivity contribution in [3.8, 4) is 0 Å². The van der Waals surface area contributed by atoms with Crippen LogP contribution in [0, 0.1) is 34.6 Å². The molecule has 1 radical (unpaired) electrons. The molecule has 0 saturated heterocycles. The fourth-order valence-corrected chi connectivity index (χ4v) is 9.00. The third-order valence-corrected chi connectivity index (χ3v) is 12.2. The van der Waals surface area contributed by atoms with Crippen molar-refractivity contribution < 1.29 is 42.3 Å². The molecule has 0 aliphatic rings. The second kappa shape index (κ2) is 13.9. The van der Waals surface area contributed by atoms with Crippen molar-refractivity contribution in [3.05, 3.63) is 58.1 Å². The predicted octanol–water partition coefficient (Wildman–Crippen LogP) is 7.03. The van der Waals surface area contributed by atoms with Crippen LogP contribution in [0.4, 0.5) is 11.4 Å². The average Bonchev–Trinajstić information content (AvgIpc) is 2.75. The SMILES string of the molecule is CCCC(C(=O)Nc1c(C)cc(C)cc1C)[P+](CC)(CC)CC(=O)Nc1c(C)cccc1C.[Y]. The minimum Gasteiger partial charge on any atom is -0.322 e. The smallest absolute Gasteiger partial charge is 0.265 e. The normalized spacial score (nSPS) is 12.0. The van der Waals surface area contributed by atoms with E-state index < -0.39 is 7.26 Å². The van der Waals surface area contributed by atoms with Crippen molar-refractivity contribution in [1.82, 2.24) is 0 Å². The van der Waals surface area contributed by atoms with E-state index in [1.54, 1.807) is 0 Å². The molecular formula is C28H42N2O2PY+. The summed E-state index contributed by atoms with van der Waals surface area (Å²) in [5, 5.41) is 6.43. The number of nitrogens with one attached hydrogen (secondary N) is 2. The van der Waals surface area contributed by atoms with E-state index in [4.69, 9.17) is 0 Å². The van der Waals surface area contributed by atoms with Crippen LogP contribution in [0.15, 0.2) is 30.3 Å². The third-order valence-electron chi connectivity index (χ3n) is 6.91. The Kier molecular flexibility index (Phi) is 12.6. The van der Waals surface area contributed by atoms with E-state index in [1.165, 1.54) is 5.56 Å². The predicted molar refractivity (Wildman–Crippen MR) is 145 cm³/mol. The van der Waals surface area contributed by atoms with E-state index in [-0.39, 0.29) is 50.2 Å². The first-order chi connectivity index (χ1) is 15.6. The van der Waals surface area contributed by atoms with Gasteiger partial charge in [0.1, 0.15) is 11.8 Å². The molecule has 2 aromatic carbocycles. The summed E-state index contributed by atoms with van der Waals surface area (Å²) in [6, 6.07) is 10.3. The number of carbonyl (C=O) groups is 2. The molecule has 34 heavy (non-hydrogen) atoms. The number of anilines is 2. The van der Waals surface area contributed by atoms with Gasteiger partial charge in [0.15, 0.2) is 0 Å². The summed E-state index contributed by atoms with van der Waals surface area (Å²) in [6.45, 7) is 16.6. The fourth-order valence-electron chi connectivity index (χ4n) is 4.99. The average molecular weight is 559 g/mol. The molecule has 0 aliphatic carbocycles. The molecular weight excluding hydrogens is 516 g/mol. The Morgan fingerprint density at radius 2 is 1.32 bits per heavy atom. The van der Waals surface area contributed by atoms with Crippen LogP contribution < -0.4 is 10.6 Å². The van der Waals surface area contributed by atoms with Gasteiger partial charge < -0.3 is 10.6 Å². The Balaban J connectivity index is 0.00000578. The minimum absolute atomic E-state index is 0. The topological polar surface area (TPSA) is 58.2 Å². The van der Waals surface area contributed by atoms with Gasteiger partial charge >= 0.3 is 0 Å². The number of amides is 2. The van der Waals surface area contributed by atoms with Gasteiger partial charge in [0, 0.05) is 51.3 Å². The van der Waals surface area contributed by atoms with Crippen LogP contribution in [-0.2, 0) is 42.3 Å². The molecule has 2 rings (SSSR count). The molecule has 0 bridgehead atoms. The Morgan fingerprint density at radius 1 is 0.824 bits per heavy atom. The van der Waals surface area contributed by atoms with Crippen molar-refractivity contribution in [2.45, 2.75) is 73.9 Å². The van der Waals surface area contributed by atoms with E-state index in [1.807, 2.05) is 45.9 Å². The Morgan fingerprint density at radius 3 is 1.79 bits per heavy atom. The van der Waals surface area contributed by atoms with Crippen molar-refractivity contribution in [2.24, 2.45) is 0 Å². The zero-order chi connectivity index (χ0) is 24.8. The molecule has 183 valence electrons. The number of rotatable bonds is 10. The van der Waals surface area contributed by atoms with Crippen LogP contribution in [0.1, 0.15) is 61.4 Å². The number of hydrogen-bond donors (Lipinski definition) is 2. The second-order valence-electron chi connectivity index (χ2n) is 9.39. The fraction of sp³-hybridized carbons (Fsp3) is 0.500. The number of hydrogen-bond acceptors (Lipinski definition) is 2. The van der Waals surface area contributed by atoms with Gasteiger partial charge in [-0.25, -0.2) is 0 Å². The molecule has 0 saturated carbocycles. The van der Waals surface area contributed by atoms with Crippen molar-refractivity contribution in [1.29, 1.82) is 0 Å². The van der Waals surface area contributed by atoms with Gasteiger partial charge in [0.2, 0.25) is 0 Å². The first-order valence-electron chi connectivity index (χ1n) is 12.2. The van der Waals surface area contributed by atoms with E-state index in [0.29, 0.717) is 6.16 Å². The summed E-state index contributed by atoms with van der Waals surface area (Å²) < 4.78 is 0. The largest absolute Gasteiger partial charge is 0.322 e. The van der Waals surface area contributed by atoms with Gasteiger partial charge in [0.05, 0.1) is 12.3 Å². The first-order valence-corrected chi connectivity index (χ1v) is 14.6. The number of carbonyl (C=O) groups excluding carboxylic acids is 2. The summed E-state index contributed by atoms with van der Waals surface area (Å²) in [7, 11) is -1.86. The van der Waals surface area contributed by atoms with Crippen molar-refractivity contribution >= 4 is 30.5 Å². The van der Waals surface area contributed by atoms with Crippen LogP contribution in [-0.4, -0.2) is 36.0 Å². The molecule has 2 N–H and O–H groups in total. The van der Waals surface area contributed by atoms with Gasteiger partial charge in [-0.1, -0.05) is 49.2 Å². The zero-order valence-electron chi connectivity index (χ0n) is 22.3. The third kappa shape index (κ3) is 7.46. The van der Waals surface area contributed by atoms with Crippen molar-refractivity contribution in [2.75, 3.05) is 29.1 Å². The molecule has 2 aromatic rings. The molecule has 1 atom stereocenters. The quantitative estimate of drug-likeness (QED) is 0.308. The molecule has 2 amide bonds. The Bertz CT molecular complexity index is 959. The maximum atomic E-state index is 13.7. The molecule has 0 aromatic heterocycles. The summed E-state index contributed by atoms with van der Waals surface area (Å²) in [5.74, 6) is 0.102. The molecule has 0 spiro atoms. The van der Waals surface area contributed by atoms with Crippen LogP contribution in [0.5, 0.6) is 0 Å². The van der Waals surface area contributed by atoms with Crippen molar-refractivity contribution in [3.63, 3.8) is 0 Å². The van der Waals surface area contributed by atoms with E-state index >= 15 is 0 Å². The summed E-state index contributed by atoms with van der Waals surface area (Å²) >= 11 is 0. The Labute approximate surface area is 232 Å². The number of para-hydroxylation sites is 1. The van der Waals surface area contributed by atoms with Gasteiger partial charge in [-0.05, 0) is 77.1 Å². The number of benzene rings is 2.